The van der Waals surface area contributed by atoms with Crippen LogP contribution in [0.5, 0.6) is 0 Å². The molecule has 1 heterocycles. The normalized spacial score (nSPS) is 51.3. The van der Waals surface area contributed by atoms with Gasteiger partial charge in [-0.15, -0.1) is 0 Å². The highest BCUT2D eigenvalue weighted by Crippen LogP contribution is 2.50. The number of hydrogen-bond donors (Lipinski definition) is 0. The highest BCUT2D eigenvalue weighted by molar-refractivity contribution is 4.99. The van der Waals surface area contributed by atoms with Crippen molar-refractivity contribution in [2.45, 2.75) is 77.8 Å². The van der Waals surface area contributed by atoms with Crippen LogP contribution in [0.25, 0.3) is 0 Å². The summed E-state index contributed by atoms with van der Waals surface area (Å²) in [5.74, 6) is 2.53. The van der Waals surface area contributed by atoms with Crippen LogP contribution in [-0.2, 0) is 9.47 Å². The molecule has 0 amide bonds. The monoisotopic (exact) mass is 252 g/mol. The summed E-state index contributed by atoms with van der Waals surface area (Å²) in [7, 11) is 0. The topological polar surface area (TPSA) is 18.5 Å². The van der Waals surface area contributed by atoms with Crippen LogP contribution >= 0.6 is 0 Å². The van der Waals surface area contributed by atoms with E-state index in [9.17, 15) is 0 Å². The van der Waals surface area contributed by atoms with Gasteiger partial charge in [0, 0.05) is 12.8 Å². The molecule has 2 aliphatic carbocycles. The standard InChI is InChI=1S/C16H28O2/c1-10-11(2)13(4)15-14(12(10)3)17-16(18-15)8-6-5-7-9-16/h10-15H,5-9H2,1-4H3/t10-,11?,12?,13-,14?,15-/m1/s1. The first-order valence-corrected chi connectivity index (χ1v) is 7.90. The number of hydrogen-bond acceptors (Lipinski definition) is 2. The molecular formula is C16H28O2. The van der Waals surface area contributed by atoms with Crippen LogP contribution in [0.3, 0.4) is 0 Å². The molecular weight excluding hydrogens is 224 g/mol. The van der Waals surface area contributed by atoms with Crippen LogP contribution < -0.4 is 0 Å². The highest BCUT2D eigenvalue weighted by Gasteiger charge is 2.55. The predicted octanol–water partition coefficient (Wildman–Crippen LogP) is 3.99. The molecule has 0 aromatic carbocycles. The third kappa shape index (κ3) is 1.84. The first-order chi connectivity index (χ1) is 8.54. The lowest BCUT2D eigenvalue weighted by Gasteiger charge is -2.43. The fourth-order valence-corrected chi connectivity index (χ4v) is 4.35. The molecule has 104 valence electrons. The van der Waals surface area contributed by atoms with E-state index in [-0.39, 0.29) is 5.79 Å². The summed E-state index contributed by atoms with van der Waals surface area (Å²) in [5, 5.41) is 0. The van der Waals surface area contributed by atoms with E-state index < -0.39 is 0 Å². The summed E-state index contributed by atoms with van der Waals surface area (Å²) in [6.45, 7) is 9.49. The van der Waals surface area contributed by atoms with Crippen molar-refractivity contribution in [2.75, 3.05) is 0 Å². The SMILES string of the molecule is CC1C2OC3(CCCCC3)O[C@@H]2[C@H](C)C(C)[C@H]1C. The molecule has 2 heteroatoms. The number of ether oxygens (including phenoxy) is 2. The molecule has 3 rings (SSSR count). The average Bonchev–Trinajstić information content (AvgIpc) is 2.74. The van der Waals surface area contributed by atoms with Crippen molar-refractivity contribution in [1.82, 2.24) is 0 Å². The van der Waals surface area contributed by atoms with E-state index in [1.165, 1.54) is 19.3 Å². The lowest BCUT2D eigenvalue weighted by Crippen LogP contribution is -2.47. The second-order valence-electron chi connectivity index (χ2n) is 7.07. The van der Waals surface area contributed by atoms with Gasteiger partial charge in [-0.3, -0.25) is 0 Å². The summed E-state index contributed by atoms with van der Waals surface area (Å²) < 4.78 is 12.9. The smallest absolute Gasteiger partial charge is 0.169 e. The third-order valence-corrected chi connectivity index (χ3v) is 6.17. The summed E-state index contributed by atoms with van der Waals surface area (Å²) in [6.07, 6.45) is 6.79. The molecule has 2 nitrogen and oxygen atoms in total. The number of rotatable bonds is 0. The Morgan fingerprint density at radius 2 is 1.11 bits per heavy atom. The van der Waals surface area contributed by atoms with Crippen molar-refractivity contribution < 1.29 is 9.47 Å². The fraction of sp³-hybridized carbons (Fsp3) is 1.00. The molecule has 0 radical (unpaired) electrons. The van der Waals surface area contributed by atoms with Crippen LogP contribution in [0, 0.1) is 23.7 Å². The van der Waals surface area contributed by atoms with Crippen LogP contribution in [0.2, 0.25) is 0 Å². The van der Waals surface area contributed by atoms with Gasteiger partial charge in [-0.05, 0) is 36.5 Å². The molecule has 3 fully saturated rings. The molecule has 1 aliphatic heterocycles. The molecule has 18 heavy (non-hydrogen) atoms. The minimum absolute atomic E-state index is 0.208. The predicted molar refractivity (Wildman–Crippen MR) is 72.2 cm³/mol. The Balaban J connectivity index is 1.82. The minimum Gasteiger partial charge on any atom is -0.344 e. The minimum atomic E-state index is -0.208. The van der Waals surface area contributed by atoms with Crippen molar-refractivity contribution in [3.8, 4) is 0 Å². The molecule has 2 saturated carbocycles. The molecule has 0 N–H and O–H groups in total. The Hall–Kier alpha value is -0.0800. The largest absolute Gasteiger partial charge is 0.344 e. The maximum Gasteiger partial charge on any atom is 0.169 e. The van der Waals surface area contributed by atoms with E-state index in [1.54, 1.807) is 0 Å². The van der Waals surface area contributed by atoms with Gasteiger partial charge in [0.25, 0.3) is 0 Å². The van der Waals surface area contributed by atoms with E-state index in [0.29, 0.717) is 24.0 Å². The van der Waals surface area contributed by atoms with Gasteiger partial charge < -0.3 is 9.47 Å². The molecule has 0 aromatic heterocycles. The van der Waals surface area contributed by atoms with Gasteiger partial charge in [0.1, 0.15) is 0 Å². The van der Waals surface area contributed by atoms with Gasteiger partial charge in [0.05, 0.1) is 12.2 Å². The van der Waals surface area contributed by atoms with Gasteiger partial charge in [0.15, 0.2) is 5.79 Å². The maximum absolute atomic E-state index is 6.47. The van der Waals surface area contributed by atoms with Gasteiger partial charge in [-0.2, -0.15) is 0 Å². The summed E-state index contributed by atoms with van der Waals surface area (Å²) in [5.41, 5.74) is 0. The Kier molecular flexibility index (Phi) is 3.22. The lowest BCUT2D eigenvalue weighted by molar-refractivity contribution is -0.197. The van der Waals surface area contributed by atoms with Crippen molar-refractivity contribution in [3.63, 3.8) is 0 Å². The lowest BCUT2D eigenvalue weighted by atomic mass is 9.66. The second-order valence-corrected chi connectivity index (χ2v) is 7.07. The molecule has 3 unspecified atom stereocenters. The summed E-state index contributed by atoms with van der Waals surface area (Å²) >= 11 is 0. The molecule has 1 saturated heterocycles. The zero-order valence-electron chi connectivity index (χ0n) is 12.3. The van der Waals surface area contributed by atoms with Crippen molar-refractivity contribution in [2.24, 2.45) is 23.7 Å². The Labute approximate surface area is 111 Å². The van der Waals surface area contributed by atoms with E-state index in [0.717, 1.165) is 24.7 Å². The van der Waals surface area contributed by atoms with E-state index in [4.69, 9.17) is 9.47 Å². The van der Waals surface area contributed by atoms with Crippen molar-refractivity contribution in [1.29, 1.82) is 0 Å². The fourth-order valence-electron chi connectivity index (χ4n) is 4.35. The highest BCUT2D eigenvalue weighted by atomic mass is 16.8. The second kappa shape index (κ2) is 4.49. The van der Waals surface area contributed by atoms with Gasteiger partial charge in [-0.1, -0.05) is 34.1 Å². The van der Waals surface area contributed by atoms with Gasteiger partial charge >= 0.3 is 0 Å². The third-order valence-electron chi connectivity index (χ3n) is 6.17. The van der Waals surface area contributed by atoms with E-state index in [1.807, 2.05) is 0 Å². The first kappa shape index (κ1) is 12.9. The molecule has 0 aromatic rings. The summed E-state index contributed by atoms with van der Waals surface area (Å²) in [4.78, 5) is 0. The zero-order valence-corrected chi connectivity index (χ0v) is 12.3. The Morgan fingerprint density at radius 1 is 0.667 bits per heavy atom. The maximum atomic E-state index is 6.47. The average molecular weight is 252 g/mol. The van der Waals surface area contributed by atoms with Crippen LogP contribution in [-0.4, -0.2) is 18.0 Å². The van der Waals surface area contributed by atoms with Crippen LogP contribution in [0.15, 0.2) is 0 Å². The van der Waals surface area contributed by atoms with Gasteiger partial charge in [-0.25, -0.2) is 0 Å². The van der Waals surface area contributed by atoms with Crippen LogP contribution in [0.1, 0.15) is 59.8 Å². The van der Waals surface area contributed by atoms with Crippen LogP contribution in [0.4, 0.5) is 0 Å². The summed E-state index contributed by atoms with van der Waals surface area (Å²) in [6, 6.07) is 0. The number of fused-ring (bicyclic) bond motifs is 1. The Morgan fingerprint density at radius 3 is 1.56 bits per heavy atom. The molecule has 1 spiro atoms. The van der Waals surface area contributed by atoms with E-state index >= 15 is 0 Å². The quantitative estimate of drug-likeness (QED) is 0.649. The first-order valence-electron chi connectivity index (χ1n) is 7.90. The van der Waals surface area contributed by atoms with Crippen molar-refractivity contribution >= 4 is 0 Å². The van der Waals surface area contributed by atoms with E-state index in [2.05, 4.69) is 27.7 Å². The molecule has 3 aliphatic rings. The Bertz CT molecular complexity index is 284. The molecule has 6 atom stereocenters. The van der Waals surface area contributed by atoms with Crippen molar-refractivity contribution in [3.05, 3.63) is 0 Å². The zero-order chi connectivity index (χ0) is 12.9. The van der Waals surface area contributed by atoms with Gasteiger partial charge in [0.2, 0.25) is 0 Å². The molecule has 0 bridgehead atoms.